The lowest BCUT2D eigenvalue weighted by molar-refractivity contribution is -0.140. The van der Waals surface area contributed by atoms with Crippen molar-refractivity contribution in [1.29, 1.82) is 0 Å². The SMILES string of the molecule is C/C(=C\c1ccc(O)cc1)CC[C@H]1OB(O)C[C@H]2C1=C(CO)C[C@H]1C(=O)N(Cc3cccs3)C(=O)[C@H]12. The average Bonchev–Trinajstić information content (AvgIpc) is 3.46. The van der Waals surface area contributed by atoms with Crippen LogP contribution in [0.5, 0.6) is 5.75 Å². The Kier molecular flexibility index (Phi) is 7.17. The first-order chi connectivity index (χ1) is 17.4. The van der Waals surface area contributed by atoms with Gasteiger partial charge in [0.1, 0.15) is 5.75 Å². The minimum atomic E-state index is -1.03. The number of thiophene rings is 1. The predicted octanol–water partition coefficient (Wildman–Crippen LogP) is 3.63. The van der Waals surface area contributed by atoms with Crippen molar-refractivity contribution in [2.45, 2.75) is 45.2 Å². The number of aromatic hydroxyl groups is 1. The van der Waals surface area contributed by atoms with Gasteiger partial charge in [0, 0.05) is 4.88 Å². The molecular weight excluding hydrogens is 477 g/mol. The highest BCUT2D eigenvalue weighted by molar-refractivity contribution is 7.09. The van der Waals surface area contributed by atoms with Crippen LogP contribution < -0.4 is 0 Å². The molecular formula is C27H30BNO6S. The van der Waals surface area contributed by atoms with Gasteiger partial charge in [0.15, 0.2) is 0 Å². The van der Waals surface area contributed by atoms with Crippen LogP contribution in [0.25, 0.3) is 6.08 Å². The number of rotatable bonds is 7. The normalized spacial score (nSPS) is 26.5. The first kappa shape index (κ1) is 25.0. The lowest BCUT2D eigenvalue weighted by Gasteiger charge is -2.42. The summed E-state index contributed by atoms with van der Waals surface area (Å²) in [5.41, 5.74) is 3.73. The summed E-state index contributed by atoms with van der Waals surface area (Å²) < 4.78 is 5.94. The number of fused-ring (bicyclic) bond motifs is 3. The number of carbonyl (C=O) groups is 2. The van der Waals surface area contributed by atoms with E-state index < -0.39 is 25.1 Å². The maximum atomic E-state index is 13.5. The quantitative estimate of drug-likeness (QED) is 0.300. The Morgan fingerprint density at radius 1 is 1.19 bits per heavy atom. The highest BCUT2D eigenvalue weighted by Gasteiger charge is 2.57. The van der Waals surface area contributed by atoms with E-state index in [1.165, 1.54) is 16.2 Å². The number of nitrogens with zero attached hydrogens (tertiary/aromatic N) is 1. The zero-order valence-electron chi connectivity index (χ0n) is 20.2. The smallest absolute Gasteiger partial charge is 0.455 e. The first-order valence-corrected chi connectivity index (χ1v) is 13.2. The Bertz CT molecular complexity index is 1190. The van der Waals surface area contributed by atoms with Gasteiger partial charge in [-0.1, -0.05) is 29.8 Å². The molecule has 3 aliphatic rings. The van der Waals surface area contributed by atoms with Crippen LogP contribution in [0.3, 0.4) is 0 Å². The number of amides is 2. The summed E-state index contributed by atoms with van der Waals surface area (Å²) >= 11 is 1.51. The molecule has 2 amide bonds. The highest BCUT2D eigenvalue weighted by atomic mass is 32.1. The molecule has 2 aliphatic heterocycles. The van der Waals surface area contributed by atoms with Gasteiger partial charge >= 0.3 is 7.12 Å². The maximum absolute atomic E-state index is 13.5. The van der Waals surface area contributed by atoms with E-state index in [0.717, 1.165) is 27.2 Å². The number of imide groups is 1. The third-order valence-corrected chi connectivity index (χ3v) is 8.45. The van der Waals surface area contributed by atoms with Crippen molar-refractivity contribution in [2.24, 2.45) is 17.8 Å². The van der Waals surface area contributed by atoms with Crippen LogP contribution in [-0.2, 0) is 20.8 Å². The lowest BCUT2D eigenvalue weighted by Crippen LogP contribution is -2.46. The third kappa shape index (κ3) is 4.80. The molecule has 1 aromatic heterocycles. The average molecular weight is 507 g/mol. The third-order valence-electron chi connectivity index (χ3n) is 7.59. The van der Waals surface area contributed by atoms with Crippen LogP contribution in [0, 0.1) is 17.8 Å². The zero-order chi connectivity index (χ0) is 25.4. The van der Waals surface area contributed by atoms with Gasteiger partial charge < -0.3 is 19.9 Å². The van der Waals surface area contributed by atoms with E-state index in [1.807, 2.05) is 42.6 Å². The van der Waals surface area contributed by atoms with Crippen LogP contribution in [0.1, 0.15) is 36.6 Å². The molecule has 1 aliphatic carbocycles. The molecule has 3 heterocycles. The molecule has 7 nitrogen and oxygen atoms in total. The van der Waals surface area contributed by atoms with Gasteiger partial charge in [-0.25, -0.2) is 0 Å². The summed E-state index contributed by atoms with van der Waals surface area (Å²) in [4.78, 5) is 29.1. The van der Waals surface area contributed by atoms with Crippen molar-refractivity contribution >= 4 is 36.3 Å². The molecule has 0 unspecified atom stereocenters. The summed E-state index contributed by atoms with van der Waals surface area (Å²) in [6, 6.07) is 10.8. The number of carbonyl (C=O) groups excluding carboxylic acids is 2. The number of hydrogen-bond donors (Lipinski definition) is 3. The summed E-state index contributed by atoms with van der Waals surface area (Å²) in [5.74, 6) is -1.52. The molecule has 9 heteroatoms. The van der Waals surface area contributed by atoms with E-state index in [2.05, 4.69) is 0 Å². The minimum Gasteiger partial charge on any atom is -0.508 e. The van der Waals surface area contributed by atoms with Gasteiger partial charge in [0.2, 0.25) is 11.8 Å². The fraction of sp³-hybridized carbons (Fsp3) is 0.407. The van der Waals surface area contributed by atoms with E-state index in [0.29, 0.717) is 19.3 Å². The fourth-order valence-electron chi connectivity index (χ4n) is 5.98. The highest BCUT2D eigenvalue weighted by Crippen LogP contribution is 2.50. The van der Waals surface area contributed by atoms with Crippen molar-refractivity contribution in [1.82, 2.24) is 4.90 Å². The first-order valence-electron chi connectivity index (χ1n) is 12.4. The number of benzene rings is 1. The number of hydrogen-bond acceptors (Lipinski definition) is 7. The summed E-state index contributed by atoms with van der Waals surface area (Å²) in [7, 11) is -1.03. The number of phenolic OH excluding ortho intramolecular Hbond substituents is 1. The summed E-state index contributed by atoms with van der Waals surface area (Å²) in [6.07, 6.45) is 3.47. The Morgan fingerprint density at radius 2 is 1.97 bits per heavy atom. The Balaban J connectivity index is 1.37. The topological polar surface area (TPSA) is 107 Å². The van der Waals surface area contributed by atoms with E-state index in [9.17, 15) is 24.8 Å². The van der Waals surface area contributed by atoms with E-state index in [1.54, 1.807) is 12.1 Å². The second-order valence-electron chi connectivity index (χ2n) is 9.94. The van der Waals surface area contributed by atoms with Crippen molar-refractivity contribution in [2.75, 3.05) is 6.61 Å². The van der Waals surface area contributed by atoms with Crippen molar-refractivity contribution in [3.63, 3.8) is 0 Å². The molecule has 0 radical (unpaired) electrons. The number of likely N-dealkylation sites (tertiary alicyclic amines) is 1. The van der Waals surface area contributed by atoms with Gasteiger partial charge in [-0.05, 0) is 78.7 Å². The standard InChI is InChI=1S/C27H30BNO6S/c1-16(11-17-5-7-19(31)8-6-17)4-9-23-24-18(15-30)12-21-25(22(24)13-28(34)35-23)27(33)29(26(21)32)14-20-3-2-10-36-20/h2-3,5-8,10-11,21-23,25,30-31,34H,4,9,12-15H2,1H3/b16-11+/t21-,22+,23-,25-/m1/s1. The van der Waals surface area contributed by atoms with Gasteiger partial charge in [0.05, 0.1) is 31.1 Å². The van der Waals surface area contributed by atoms with Gasteiger partial charge in [-0.3, -0.25) is 14.5 Å². The minimum absolute atomic E-state index is 0.186. The Labute approximate surface area is 214 Å². The molecule has 0 spiro atoms. The van der Waals surface area contributed by atoms with Gasteiger partial charge in [0.25, 0.3) is 0 Å². The molecule has 1 aromatic carbocycles. The van der Waals surface area contributed by atoms with E-state index in [-0.39, 0.29) is 43.0 Å². The number of aliphatic hydroxyl groups excluding tert-OH is 1. The van der Waals surface area contributed by atoms with Gasteiger partial charge in [-0.2, -0.15) is 0 Å². The molecule has 4 atom stereocenters. The molecule has 3 N–H and O–H groups in total. The van der Waals surface area contributed by atoms with Crippen LogP contribution in [0.4, 0.5) is 0 Å². The molecule has 5 rings (SSSR count). The van der Waals surface area contributed by atoms with Crippen LogP contribution in [-0.4, -0.2) is 51.8 Å². The van der Waals surface area contributed by atoms with Gasteiger partial charge in [-0.15, -0.1) is 11.3 Å². The van der Waals surface area contributed by atoms with E-state index in [4.69, 9.17) is 4.65 Å². The van der Waals surface area contributed by atoms with Crippen molar-refractivity contribution in [3.05, 3.63) is 68.9 Å². The number of aliphatic hydroxyl groups is 1. The molecule has 188 valence electrons. The molecule has 2 aromatic rings. The van der Waals surface area contributed by atoms with Crippen LogP contribution in [0.2, 0.25) is 6.32 Å². The summed E-state index contributed by atoms with van der Waals surface area (Å²) in [5, 5.41) is 32.3. The Morgan fingerprint density at radius 3 is 2.67 bits per heavy atom. The van der Waals surface area contributed by atoms with Crippen molar-refractivity contribution in [3.8, 4) is 5.75 Å². The molecule has 0 saturated carbocycles. The van der Waals surface area contributed by atoms with E-state index >= 15 is 0 Å². The predicted molar refractivity (Wildman–Crippen MR) is 138 cm³/mol. The van der Waals surface area contributed by atoms with Crippen LogP contribution in [0.15, 0.2) is 58.5 Å². The zero-order valence-corrected chi connectivity index (χ0v) is 21.0. The second kappa shape index (κ2) is 10.3. The second-order valence-corrected chi connectivity index (χ2v) is 11.0. The summed E-state index contributed by atoms with van der Waals surface area (Å²) in [6.45, 7) is 2.09. The number of phenols is 1. The molecule has 36 heavy (non-hydrogen) atoms. The molecule has 2 saturated heterocycles. The number of allylic oxidation sites excluding steroid dienone is 1. The maximum Gasteiger partial charge on any atom is 0.455 e. The fourth-order valence-corrected chi connectivity index (χ4v) is 6.67. The molecule has 2 fully saturated rings. The monoisotopic (exact) mass is 507 g/mol. The van der Waals surface area contributed by atoms with Crippen LogP contribution >= 0.6 is 11.3 Å². The Hall–Kier alpha value is -2.72. The lowest BCUT2D eigenvalue weighted by atomic mass is 9.58. The largest absolute Gasteiger partial charge is 0.508 e. The molecule has 0 bridgehead atoms. The van der Waals surface area contributed by atoms with Crippen molar-refractivity contribution < 1.29 is 29.5 Å².